The third kappa shape index (κ3) is 6.11. The van der Waals surface area contributed by atoms with Crippen LogP contribution in [-0.4, -0.2) is 24.8 Å². The SMILES string of the molecule is CC(Oc1c(-c2ccccc2)n(C)[n+](C)c1-c1ccccc1)c1ccccc1.COS(=O)(=O)[O-]. The molecular formula is C26H28N2O5S. The predicted molar refractivity (Wildman–Crippen MR) is 130 cm³/mol. The molecule has 1 aromatic heterocycles. The van der Waals surface area contributed by atoms with Crippen molar-refractivity contribution < 1.29 is 26.6 Å². The van der Waals surface area contributed by atoms with Crippen LogP contribution in [0.5, 0.6) is 5.75 Å². The zero-order valence-electron chi connectivity index (χ0n) is 19.6. The minimum Gasteiger partial charge on any atom is -0.726 e. The molecule has 0 aliphatic rings. The maximum Gasteiger partial charge on any atom is 0.280 e. The van der Waals surface area contributed by atoms with Gasteiger partial charge in [-0.25, -0.2) is 8.42 Å². The molecule has 4 rings (SSSR count). The third-order valence-electron chi connectivity index (χ3n) is 5.39. The van der Waals surface area contributed by atoms with Crippen molar-refractivity contribution in [3.8, 4) is 28.3 Å². The summed E-state index contributed by atoms with van der Waals surface area (Å²) in [4.78, 5) is 0. The van der Waals surface area contributed by atoms with Gasteiger partial charge in [-0.1, -0.05) is 78.9 Å². The van der Waals surface area contributed by atoms with Gasteiger partial charge in [-0.15, -0.1) is 4.68 Å². The van der Waals surface area contributed by atoms with Crippen LogP contribution >= 0.6 is 0 Å². The summed E-state index contributed by atoms with van der Waals surface area (Å²) in [6, 6.07) is 31.2. The van der Waals surface area contributed by atoms with Gasteiger partial charge < -0.3 is 9.29 Å². The third-order valence-corrected chi connectivity index (χ3v) is 5.80. The molecule has 0 aliphatic heterocycles. The monoisotopic (exact) mass is 480 g/mol. The molecule has 4 aromatic rings. The lowest BCUT2D eigenvalue weighted by molar-refractivity contribution is -0.740. The molecule has 0 bridgehead atoms. The molecule has 0 fully saturated rings. The van der Waals surface area contributed by atoms with E-state index in [1.165, 1.54) is 0 Å². The van der Waals surface area contributed by atoms with Gasteiger partial charge in [0.15, 0.2) is 12.7 Å². The summed E-state index contributed by atoms with van der Waals surface area (Å²) in [5.74, 6) is 0.902. The van der Waals surface area contributed by atoms with E-state index in [0.717, 1.165) is 40.9 Å². The number of nitrogens with zero attached hydrogens (tertiary/aromatic N) is 2. The molecule has 34 heavy (non-hydrogen) atoms. The Morgan fingerprint density at radius 3 is 1.76 bits per heavy atom. The zero-order chi connectivity index (χ0) is 24.7. The van der Waals surface area contributed by atoms with E-state index in [-0.39, 0.29) is 6.10 Å². The van der Waals surface area contributed by atoms with E-state index < -0.39 is 10.4 Å². The molecule has 0 amide bonds. The molecule has 3 aromatic carbocycles. The van der Waals surface area contributed by atoms with Gasteiger partial charge in [-0.05, 0) is 24.6 Å². The van der Waals surface area contributed by atoms with Crippen LogP contribution in [-0.2, 0) is 28.7 Å². The van der Waals surface area contributed by atoms with Gasteiger partial charge in [0.05, 0.1) is 19.7 Å². The lowest BCUT2D eigenvalue weighted by atomic mass is 10.1. The Labute approximate surface area is 200 Å². The standard InChI is InChI=1S/C25H25N2O.CH4O4S/c1-19(20-13-7-4-8-14-20)28-25-23(21-15-9-5-10-16-21)26(2)27(3)24(25)22-17-11-6-12-18-22;1-5-6(2,3)4/h4-19H,1-3H3;1H3,(H,2,3,4)/q+1;/p-1. The fourth-order valence-electron chi connectivity index (χ4n) is 3.61. The van der Waals surface area contributed by atoms with Crippen molar-refractivity contribution in [1.82, 2.24) is 4.68 Å². The highest BCUT2D eigenvalue weighted by Crippen LogP contribution is 2.39. The van der Waals surface area contributed by atoms with Gasteiger partial charge >= 0.3 is 0 Å². The van der Waals surface area contributed by atoms with Crippen LogP contribution in [0.1, 0.15) is 18.6 Å². The predicted octanol–water partition coefficient (Wildman–Crippen LogP) is 4.42. The molecular weight excluding hydrogens is 452 g/mol. The lowest BCUT2D eigenvalue weighted by Crippen LogP contribution is -2.39. The fraction of sp³-hybridized carbons (Fsp3) is 0.192. The summed E-state index contributed by atoms with van der Waals surface area (Å²) in [7, 11) is 0.552. The van der Waals surface area contributed by atoms with E-state index in [9.17, 15) is 13.0 Å². The smallest absolute Gasteiger partial charge is 0.280 e. The van der Waals surface area contributed by atoms with E-state index in [1.807, 2.05) is 18.2 Å². The molecule has 0 aliphatic carbocycles. The van der Waals surface area contributed by atoms with Crippen molar-refractivity contribution in [2.24, 2.45) is 14.1 Å². The first-order valence-corrected chi connectivity index (χ1v) is 12.0. The Morgan fingerprint density at radius 1 is 0.853 bits per heavy atom. The molecule has 1 unspecified atom stereocenters. The maximum absolute atomic E-state index is 9.22. The molecule has 0 saturated carbocycles. The first-order chi connectivity index (χ1) is 16.2. The largest absolute Gasteiger partial charge is 0.726 e. The average Bonchev–Trinajstić information content (AvgIpc) is 3.10. The maximum atomic E-state index is 9.22. The Balaban J connectivity index is 0.000000481. The van der Waals surface area contributed by atoms with E-state index in [4.69, 9.17) is 4.74 Å². The summed E-state index contributed by atoms with van der Waals surface area (Å²) in [5, 5.41) is 0. The van der Waals surface area contributed by atoms with Crippen molar-refractivity contribution in [1.29, 1.82) is 0 Å². The number of hydrogen-bond donors (Lipinski definition) is 0. The van der Waals surface area contributed by atoms with E-state index in [0.29, 0.717) is 0 Å². The molecule has 178 valence electrons. The molecule has 0 saturated heterocycles. The van der Waals surface area contributed by atoms with Crippen LogP contribution in [0.4, 0.5) is 0 Å². The van der Waals surface area contributed by atoms with Gasteiger partial charge in [0.25, 0.3) is 5.69 Å². The second-order valence-corrected chi connectivity index (χ2v) is 8.70. The van der Waals surface area contributed by atoms with Gasteiger partial charge in [0.2, 0.25) is 16.1 Å². The number of benzene rings is 3. The minimum atomic E-state index is -4.41. The molecule has 0 radical (unpaired) electrons. The van der Waals surface area contributed by atoms with Crippen LogP contribution in [0.25, 0.3) is 22.5 Å². The molecule has 0 N–H and O–H groups in total. The highest BCUT2D eigenvalue weighted by Gasteiger charge is 2.31. The summed E-state index contributed by atoms with van der Waals surface area (Å²) >= 11 is 0. The number of rotatable bonds is 6. The van der Waals surface area contributed by atoms with Crippen molar-refractivity contribution in [3.05, 3.63) is 96.6 Å². The average molecular weight is 481 g/mol. The van der Waals surface area contributed by atoms with E-state index in [2.05, 4.69) is 107 Å². The van der Waals surface area contributed by atoms with Crippen molar-refractivity contribution in [2.75, 3.05) is 7.11 Å². The summed E-state index contributed by atoms with van der Waals surface area (Å²) < 4.78 is 42.0. The van der Waals surface area contributed by atoms with Crippen LogP contribution in [0, 0.1) is 0 Å². The van der Waals surface area contributed by atoms with E-state index in [1.54, 1.807) is 0 Å². The first-order valence-electron chi connectivity index (χ1n) is 10.7. The quantitative estimate of drug-likeness (QED) is 0.232. The van der Waals surface area contributed by atoms with E-state index >= 15 is 0 Å². The van der Waals surface area contributed by atoms with Crippen LogP contribution in [0.3, 0.4) is 0 Å². The highest BCUT2D eigenvalue weighted by atomic mass is 32.3. The molecule has 0 spiro atoms. The van der Waals surface area contributed by atoms with Crippen LogP contribution < -0.4 is 9.42 Å². The number of hydrogen-bond acceptors (Lipinski definition) is 5. The summed E-state index contributed by atoms with van der Waals surface area (Å²) in [5.41, 5.74) is 5.58. The first kappa shape index (κ1) is 25.2. The van der Waals surface area contributed by atoms with Crippen molar-refractivity contribution >= 4 is 10.4 Å². The van der Waals surface area contributed by atoms with Gasteiger partial charge in [0, 0.05) is 5.56 Å². The Hall–Kier alpha value is -3.46. The minimum absolute atomic E-state index is 0.0616. The van der Waals surface area contributed by atoms with Gasteiger partial charge in [0.1, 0.15) is 6.10 Å². The molecule has 7 nitrogen and oxygen atoms in total. The van der Waals surface area contributed by atoms with Crippen molar-refractivity contribution in [2.45, 2.75) is 13.0 Å². The second kappa shape index (κ2) is 11.1. The number of ether oxygens (including phenoxy) is 1. The fourth-order valence-corrected chi connectivity index (χ4v) is 3.61. The summed E-state index contributed by atoms with van der Waals surface area (Å²) in [6.45, 7) is 2.10. The van der Waals surface area contributed by atoms with Gasteiger partial charge in [-0.3, -0.25) is 4.18 Å². The normalized spacial score (nSPS) is 11.9. The van der Waals surface area contributed by atoms with Gasteiger partial charge in [-0.2, -0.15) is 4.68 Å². The Kier molecular flexibility index (Phi) is 8.22. The zero-order valence-corrected chi connectivity index (χ0v) is 20.4. The number of aromatic nitrogens is 2. The molecule has 1 atom stereocenters. The lowest BCUT2D eigenvalue weighted by Gasteiger charge is -2.15. The second-order valence-electron chi connectivity index (χ2n) is 7.55. The molecule has 1 heterocycles. The highest BCUT2D eigenvalue weighted by molar-refractivity contribution is 7.80. The molecule has 8 heteroatoms. The van der Waals surface area contributed by atoms with Crippen LogP contribution in [0.2, 0.25) is 0 Å². The van der Waals surface area contributed by atoms with Crippen molar-refractivity contribution in [3.63, 3.8) is 0 Å². The Morgan fingerprint density at radius 2 is 1.29 bits per heavy atom. The topological polar surface area (TPSA) is 84.5 Å². The van der Waals surface area contributed by atoms with Crippen LogP contribution in [0.15, 0.2) is 91.0 Å². The Bertz CT molecular complexity index is 1240. The summed E-state index contributed by atoms with van der Waals surface area (Å²) in [6.07, 6.45) is -0.0616.